The van der Waals surface area contributed by atoms with Crippen LogP contribution in [-0.4, -0.2) is 71.0 Å². The van der Waals surface area contributed by atoms with Gasteiger partial charge in [-0.3, -0.25) is 15.2 Å². The van der Waals surface area contributed by atoms with Gasteiger partial charge in [0.25, 0.3) is 5.88 Å². The first kappa shape index (κ1) is 28.6. The summed E-state index contributed by atoms with van der Waals surface area (Å²) in [7, 11) is 3.67. The minimum Gasteiger partial charge on any atom is -0.504 e. The predicted octanol–water partition coefficient (Wildman–Crippen LogP) is 4.32. The molecule has 5 N–H and O–H groups in total. The van der Waals surface area contributed by atoms with E-state index < -0.39 is 35.2 Å². The number of nitrogens with one attached hydrogen (secondary N) is 1. The molecule has 0 radical (unpaired) electrons. The van der Waals surface area contributed by atoms with Crippen LogP contribution in [0.3, 0.4) is 0 Å². The molecule has 11 nitrogen and oxygen atoms in total. The molecule has 42 heavy (non-hydrogen) atoms. The van der Waals surface area contributed by atoms with Crippen LogP contribution in [0.4, 0.5) is 14.5 Å². The maximum Gasteiger partial charge on any atom is 0.308 e. The number of halogens is 2. The van der Waals surface area contributed by atoms with Crippen LogP contribution in [0, 0.1) is 23.0 Å². The fourth-order valence-corrected chi connectivity index (χ4v) is 5.28. The van der Waals surface area contributed by atoms with Gasteiger partial charge in [-0.05, 0) is 49.2 Å². The number of nitrogens with zero attached hydrogens (tertiary/aromatic N) is 4. The van der Waals surface area contributed by atoms with Crippen LogP contribution in [0.15, 0.2) is 47.6 Å². The molecule has 2 aliphatic rings. The molecule has 2 unspecified atom stereocenters. The van der Waals surface area contributed by atoms with Gasteiger partial charge in [-0.2, -0.15) is 4.39 Å². The second-order valence-corrected chi connectivity index (χ2v) is 10.2. The van der Waals surface area contributed by atoms with Gasteiger partial charge in [0.05, 0.1) is 24.2 Å². The Bertz CT molecular complexity index is 1580. The van der Waals surface area contributed by atoms with E-state index in [-0.39, 0.29) is 34.7 Å². The van der Waals surface area contributed by atoms with Crippen LogP contribution >= 0.6 is 0 Å². The first-order valence-electron chi connectivity index (χ1n) is 13.3. The number of phenolic OH excluding ortho intramolecular Hbond substituents is 1. The third kappa shape index (κ3) is 5.49. The van der Waals surface area contributed by atoms with Crippen molar-refractivity contribution in [3.8, 4) is 28.9 Å². The van der Waals surface area contributed by atoms with E-state index in [0.717, 1.165) is 19.0 Å². The fourth-order valence-electron chi connectivity index (χ4n) is 5.28. The summed E-state index contributed by atoms with van der Waals surface area (Å²) in [6.45, 7) is 1.16. The number of aliphatic imine (C=N–C) groups is 1. The van der Waals surface area contributed by atoms with E-state index in [0.29, 0.717) is 36.6 Å². The average Bonchev–Trinajstić information content (AvgIpc) is 3.62. The maximum absolute atomic E-state index is 15.6. The van der Waals surface area contributed by atoms with Gasteiger partial charge in [-0.1, -0.05) is 6.42 Å². The summed E-state index contributed by atoms with van der Waals surface area (Å²) in [5.41, 5.74) is 6.88. The summed E-state index contributed by atoms with van der Waals surface area (Å²) >= 11 is 0. The standard InChI is InChI=1S/C29H30F2N6O5/c1-36-11-10-34-27(36)18-13-16(37(2)20-5-3-4-17(20)29(39)40)7-9-22(18)41-25-19(30)14-35-28(24(25)31)42-23-12-15(26(32)33)6-8-21(23)38/h6-9,12-14,17,20,38H,3-5,10-11H2,1-2H3,(H3,32,33)(H,39,40). The number of phenols is 1. The van der Waals surface area contributed by atoms with Gasteiger partial charge in [0.2, 0.25) is 11.6 Å². The number of anilines is 1. The lowest BCUT2D eigenvalue weighted by Crippen LogP contribution is -2.38. The third-order valence-corrected chi connectivity index (χ3v) is 7.55. The van der Waals surface area contributed by atoms with Gasteiger partial charge >= 0.3 is 5.97 Å². The van der Waals surface area contributed by atoms with E-state index in [9.17, 15) is 19.4 Å². The Labute approximate surface area is 240 Å². The lowest BCUT2D eigenvalue weighted by Gasteiger charge is -2.30. The van der Waals surface area contributed by atoms with Crippen molar-refractivity contribution in [1.82, 2.24) is 9.88 Å². The highest BCUT2D eigenvalue weighted by atomic mass is 19.1. The first-order chi connectivity index (χ1) is 20.0. The molecule has 3 aromatic rings. The Morgan fingerprint density at radius 2 is 1.95 bits per heavy atom. The smallest absolute Gasteiger partial charge is 0.308 e. The molecule has 13 heteroatoms. The summed E-state index contributed by atoms with van der Waals surface area (Å²) in [4.78, 5) is 23.8. The van der Waals surface area contributed by atoms with Crippen molar-refractivity contribution >= 4 is 23.3 Å². The molecule has 1 saturated carbocycles. The number of hydrogen-bond donors (Lipinski definition) is 4. The number of aliphatic carboxylic acids is 1. The Balaban J connectivity index is 1.50. The minimum atomic E-state index is -1.26. The SMILES string of the molecule is CN1CCN=C1c1cc(N(C)C2CCCC2C(=O)O)ccc1Oc1c(F)cnc(Oc2cc(C(=N)N)ccc2O)c1F. The second kappa shape index (κ2) is 11.5. The van der Waals surface area contributed by atoms with Gasteiger partial charge in [0, 0.05) is 37.9 Å². The van der Waals surface area contributed by atoms with Crippen molar-refractivity contribution in [2.75, 3.05) is 32.1 Å². The highest BCUT2D eigenvalue weighted by molar-refractivity contribution is 6.03. The molecule has 2 atom stereocenters. The van der Waals surface area contributed by atoms with Gasteiger partial charge in [-0.15, -0.1) is 0 Å². The van der Waals surface area contributed by atoms with Crippen molar-refractivity contribution in [3.63, 3.8) is 0 Å². The highest BCUT2D eigenvalue weighted by Gasteiger charge is 2.36. The largest absolute Gasteiger partial charge is 0.504 e. The summed E-state index contributed by atoms with van der Waals surface area (Å²) in [5.74, 6) is -5.40. The van der Waals surface area contributed by atoms with Crippen molar-refractivity contribution in [2.45, 2.75) is 25.3 Å². The number of likely N-dealkylation sites (N-methyl/N-ethyl adjacent to an activating group) is 1. The second-order valence-electron chi connectivity index (χ2n) is 10.2. The zero-order valence-corrected chi connectivity index (χ0v) is 23.0. The molecule has 0 bridgehead atoms. The molecule has 220 valence electrons. The van der Waals surface area contributed by atoms with Crippen molar-refractivity contribution in [2.24, 2.45) is 16.6 Å². The highest BCUT2D eigenvalue weighted by Crippen LogP contribution is 2.39. The van der Waals surface area contributed by atoms with E-state index in [1.807, 2.05) is 23.9 Å². The monoisotopic (exact) mass is 580 g/mol. The van der Waals surface area contributed by atoms with Crippen LogP contribution in [0.25, 0.3) is 0 Å². The molecule has 5 rings (SSSR count). The molecule has 0 amide bonds. The number of ether oxygens (including phenoxy) is 2. The predicted molar refractivity (Wildman–Crippen MR) is 151 cm³/mol. The van der Waals surface area contributed by atoms with E-state index in [2.05, 4.69) is 9.98 Å². The number of aromatic hydroxyl groups is 1. The number of carboxylic acids is 1. The van der Waals surface area contributed by atoms with Crippen molar-refractivity contribution in [1.29, 1.82) is 5.41 Å². The molecule has 1 aliphatic carbocycles. The molecule has 0 spiro atoms. The number of hydrogen-bond acceptors (Lipinski definition) is 9. The Kier molecular flexibility index (Phi) is 7.83. The van der Waals surface area contributed by atoms with Gasteiger partial charge in [-0.25, -0.2) is 9.37 Å². The van der Waals surface area contributed by atoms with Crippen LogP contribution in [0.5, 0.6) is 28.9 Å². The van der Waals surface area contributed by atoms with Crippen molar-refractivity contribution < 1.29 is 33.3 Å². The number of aromatic nitrogens is 1. The Morgan fingerprint density at radius 1 is 1.17 bits per heavy atom. The Morgan fingerprint density at radius 3 is 2.64 bits per heavy atom. The van der Waals surface area contributed by atoms with Crippen LogP contribution in [0.1, 0.15) is 30.4 Å². The molecule has 1 aliphatic heterocycles. The molecule has 1 aromatic heterocycles. The summed E-state index contributed by atoms with van der Waals surface area (Å²) < 4.78 is 41.8. The third-order valence-electron chi connectivity index (χ3n) is 7.55. The summed E-state index contributed by atoms with van der Waals surface area (Å²) in [6.07, 6.45) is 2.85. The van der Waals surface area contributed by atoms with Gasteiger partial charge < -0.3 is 35.2 Å². The quantitative estimate of drug-likeness (QED) is 0.214. The van der Waals surface area contributed by atoms with Gasteiger partial charge in [0.1, 0.15) is 17.4 Å². The Hall–Kier alpha value is -4.94. The van der Waals surface area contributed by atoms with Crippen LogP contribution in [0.2, 0.25) is 0 Å². The summed E-state index contributed by atoms with van der Waals surface area (Å²) in [6, 6.07) is 8.65. The normalized spacial score (nSPS) is 18.1. The molecule has 1 fully saturated rings. The average molecular weight is 581 g/mol. The van der Waals surface area contributed by atoms with E-state index in [1.165, 1.54) is 18.2 Å². The van der Waals surface area contributed by atoms with Crippen LogP contribution in [-0.2, 0) is 4.79 Å². The zero-order valence-electron chi connectivity index (χ0n) is 23.0. The number of nitrogens with two attached hydrogens (primary N) is 1. The molecule has 2 aromatic carbocycles. The number of benzene rings is 2. The van der Waals surface area contributed by atoms with Crippen LogP contribution < -0.4 is 20.1 Å². The van der Waals surface area contributed by atoms with E-state index >= 15 is 4.39 Å². The molecular weight excluding hydrogens is 550 g/mol. The number of carbonyl (C=O) groups is 1. The number of rotatable bonds is 9. The topological polar surface area (TPSA) is 158 Å². The number of pyridine rings is 1. The van der Waals surface area contributed by atoms with Crippen molar-refractivity contribution in [3.05, 3.63) is 65.4 Å². The minimum absolute atomic E-state index is 0.109. The zero-order chi connectivity index (χ0) is 30.1. The lowest BCUT2D eigenvalue weighted by atomic mass is 10.0. The molecular formula is C29H30F2N6O5. The number of carboxylic acid groups (broad SMARTS) is 1. The first-order valence-corrected chi connectivity index (χ1v) is 13.3. The number of nitrogen functional groups attached to an aromatic ring is 1. The maximum atomic E-state index is 15.6. The van der Waals surface area contributed by atoms with Gasteiger partial charge in [0.15, 0.2) is 17.3 Å². The summed E-state index contributed by atoms with van der Waals surface area (Å²) in [5, 5.41) is 27.4. The lowest BCUT2D eigenvalue weighted by molar-refractivity contribution is -0.141. The molecule has 0 saturated heterocycles. The molecule has 2 heterocycles. The van der Waals surface area contributed by atoms with E-state index in [4.69, 9.17) is 20.6 Å². The number of amidine groups is 2. The fraction of sp³-hybridized carbons (Fsp3) is 0.310. The van der Waals surface area contributed by atoms with E-state index in [1.54, 1.807) is 18.2 Å².